The highest BCUT2D eigenvalue weighted by molar-refractivity contribution is 5.80. The van der Waals surface area contributed by atoms with E-state index in [4.69, 9.17) is 10.6 Å². The number of carbonyl (C=O) groups excluding carboxylic acids is 2. The van der Waals surface area contributed by atoms with Gasteiger partial charge in [-0.15, -0.1) is 0 Å². The largest absolute Gasteiger partial charge is 0.443 e. The normalized spacial score (nSPS) is 20.7. The predicted molar refractivity (Wildman–Crippen MR) is 62.9 cm³/mol. The van der Waals surface area contributed by atoms with Crippen LogP contribution in [0, 0.1) is 5.92 Å². The number of rotatable bonds is 2. The molecule has 1 atom stereocenters. The molecule has 6 heteroatoms. The highest BCUT2D eigenvalue weighted by atomic mass is 16.6. The molecule has 0 spiro atoms. The van der Waals surface area contributed by atoms with Gasteiger partial charge in [-0.3, -0.25) is 4.79 Å². The minimum Gasteiger partial charge on any atom is -0.443 e. The molecule has 1 aliphatic rings. The first-order valence-corrected chi connectivity index (χ1v) is 5.82. The summed E-state index contributed by atoms with van der Waals surface area (Å²) in [4.78, 5) is 23.1. The Kier molecular flexibility index (Phi) is 4.34. The average Bonchev–Trinajstić information content (AvgIpc) is 2.18. The molecule has 98 valence electrons. The predicted octanol–water partition coefficient (Wildman–Crippen LogP) is 0.623. The second-order valence-electron chi connectivity index (χ2n) is 5.26. The van der Waals surface area contributed by atoms with Gasteiger partial charge in [0, 0.05) is 6.54 Å². The second kappa shape index (κ2) is 5.35. The van der Waals surface area contributed by atoms with Crippen molar-refractivity contribution in [2.24, 2.45) is 11.8 Å². The van der Waals surface area contributed by atoms with E-state index >= 15 is 0 Å². The summed E-state index contributed by atoms with van der Waals surface area (Å²) >= 11 is 0. The van der Waals surface area contributed by atoms with E-state index in [1.807, 2.05) is 0 Å². The molecule has 17 heavy (non-hydrogen) atoms. The smallest absolute Gasteiger partial charge is 0.424 e. The molecule has 0 aliphatic carbocycles. The van der Waals surface area contributed by atoms with Crippen LogP contribution in [0.25, 0.3) is 0 Å². The zero-order valence-corrected chi connectivity index (χ0v) is 10.7. The minimum atomic E-state index is -0.601. The summed E-state index contributed by atoms with van der Waals surface area (Å²) in [5.41, 5.74) is -0.580. The first kappa shape index (κ1) is 13.8. The van der Waals surface area contributed by atoms with E-state index in [1.54, 1.807) is 20.8 Å². The number of nitrogens with one attached hydrogen (secondary N) is 1. The summed E-state index contributed by atoms with van der Waals surface area (Å²) in [6.45, 7) is 6.21. The second-order valence-corrected chi connectivity index (χ2v) is 5.26. The topological polar surface area (TPSA) is 84.7 Å². The molecule has 0 aromatic heterocycles. The van der Waals surface area contributed by atoms with E-state index < -0.39 is 11.7 Å². The maximum atomic E-state index is 11.6. The SMILES string of the molecule is CC(C)(C)OC(=O)N(N)C[C@@H]1CCCNC1=O. The van der Waals surface area contributed by atoms with Gasteiger partial charge in [-0.05, 0) is 33.6 Å². The number of hydrogen-bond acceptors (Lipinski definition) is 4. The lowest BCUT2D eigenvalue weighted by atomic mass is 9.99. The third-order valence-electron chi connectivity index (χ3n) is 2.44. The van der Waals surface area contributed by atoms with Crippen LogP contribution in [0.3, 0.4) is 0 Å². The van der Waals surface area contributed by atoms with E-state index in [2.05, 4.69) is 5.32 Å². The Hall–Kier alpha value is -1.30. The van der Waals surface area contributed by atoms with Crippen molar-refractivity contribution in [2.45, 2.75) is 39.2 Å². The van der Waals surface area contributed by atoms with Crippen molar-refractivity contribution < 1.29 is 14.3 Å². The number of hydrogen-bond donors (Lipinski definition) is 2. The van der Waals surface area contributed by atoms with Gasteiger partial charge in [-0.2, -0.15) is 0 Å². The molecular formula is C11H21N3O3. The minimum absolute atomic E-state index is 0.0461. The molecule has 1 aliphatic heterocycles. The molecule has 0 bridgehead atoms. The maximum absolute atomic E-state index is 11.6. The Morgan fingerprint density at radius 2 is 2.24 bits per heavy atom. The summed E-state index contributed by atoms with van der Waals surface area (Å²) in [5, 5.41) is 3.72. The van der Waals surface area contributed by atoms with Crippen molar-refractivity contribution in [1.82, 2.24) is 10.3 Å². The summed E-state index contributed by atoms with van der Waals surface area (Å²) < 4.78 is 5.11. The van der Waals surface area contributed by atoms with Crippen LogP contribution in [0.1, 0.15) is 33.6 Å². The fourth-order valence-electron chi connectivity index (χ4n) is 1.64. The summed E-state index contributed by atoms with van der Waals surface area (Å²) in [7, 11) is 0. The van der Waals surface area contributed by atoms with E-state index in [-0.39, 0.29) is 18.4 Å². The standard InChI is InChI=1S/C11H21N3O3/c1-11(2,3)17-10(16)14(12)7-8-5-4-6-13-9(8)15/h8H,4-7,12H2,1-3H3,(H,13,15)/t8-/m0/s1. The number of hydrazine groups is 1. The molecule has 0 radical (unpaired) electrons. The van der Waals surface area contributed by atoms with Crippen LogP contribution in [0.15, 0.2) is 0 Å². The maximum Gasteiger partial charge on any atom is 0.424 e. The van der Waals surface area contributed by atoms with E-state index in [1.165, 1.54) is 0 Å². The van der Waals surface area contributed by atoms with E-state index in [0.29, 0.717) is 6.54 Å². The van der Waals surface area contributed by atoms with Crippen molar-refractivity contribution in [3.8, 4) is 0 Å². The van der Waals surface area contributed by atoms with Gasteiger partial charge in [0.2, 0.25) is 5.91 Å². The highest BCUT2D eigenvalue weighted by Crippen LogP contribution is 2.14. The van der Waals surface area contributed by atoms with Gasteiger partial charge < -0.3 is 10.1 Å². The molecule has 1 rings (SSSR count). The van der Waals surface area contributed by atoms with Crippen LogP contribution in [0.4, 0.5) is 4.79 Å². The quantitative estimate of drug-likeness (QED) is 0.423. The molecule has 6 nitrogen and oxygen atoms in total. The average molecular weight is 243 g/mol. The molecule has 1 heterocycles. The van der Waals surface area contributed by atoms with Crippen LogP contribution in [-0.2, 0) is 9.53 Å². The Labute approximate surface area is 101 Å². The molecule has 1 fully saturated rings. The number of carbonyl (C=O) groups is 2. The van der Waals surface area contributed by atoms with Crippen LogP contribution >= 0.6 is 0 Å². The van der Waals surface area contributed by atoms with Gasteiger partial charge in [0.15, 0.2) is 0 Å². The Bertz CT molecular complexity index is 299. The Morgan fingerprint density at radius 1 is 1.59 bits per heavy atom. The van der Waals surface area contributed by atoms with Crippen LogP contribution < -0.4 is 11.2 Å². The summed E-state index contributed by atoms with van der Waals surface area (Å²) in [6.07, 6.45) is 1.07. The van der Waals surface area contributed by atoms with Crippen molar-refractivity contribution in [1.29, 1.82) is 0 Å². The Balaban J connectivity index is 2.45. The van der Waals surface area contributed by atoms with Gasteiger partial charge >= 0.3 is 6.09 Å². The van der Waals surface area contributed by atoms with Crippen molar-refractivity contribution in [3.05, 3.63) is 0 Å². The van der Waals surface area contributed by atoms with Crippen molar-refractivity contribution in [3.63, 3.8) is 0 Å². The third kappa shape index (κ3) is 4.60. The van der Waals surface area contributed by atoms with Crippen LogP contribution in [0.2, 0.25) is 0 Å². The van der Waals surface area contributed by atoms with Crippen molar-refractivity contribution >= 4 is 12.0 Å². The molecule has 0 aromatic rings. The van der Waals surface area contributed by atoms with Gasteiger partial charge in [-0.25, -0.2) is 15.6 Å². The number of piperidine rings is 1. The fraction of sp³-hybridized carbons (Fsp3) is 0.818. The molecule has 0 saturated carbocycles. The number of nitrogens with two attached hydrogens (primary N) is 1. The van der Waals surface area contributed by atoms with Gasteiger partial charge in [-0.1, -0.05) is 0 Å². The monoisotopic (exact) mass is 243 g/mol. The lowest BCUT2D eigenvalue weighted by molar-refractivity contribution is -0.127. The number of ether oxygens (including phenoxy) is 1. The first-order chi connectivity index (χ1) is 7.79. The zero-order valence-electron chi connectivity index (χ0n) is 10.7. The van der Waals surface area contributed by atoms with Gasteiger partial charge in [0.1, 0.15) is 5.60 Å². The first-order valence-electron chi connectivity index (χ1n) is 5.82. The molecule has 0 unspecified atom stereocenters. The highest BCUT2D eigenvalue weighted by Gasteiger charge is 2.27. The summed E-state index contributed by atoms with van der Waals surface area (Å²) in [6, 6.07) is 0. The fourth-order valence-corrected chi connectivity index (χ4v) is 1.64. The van der Waals surface area contributed by atoms with Gasteiger partial charge in [0.25, 0.3) is 0 Å². The molecule has 3 N–H and O–H groups in total. The van der Waals surface area contributed by atoms with E-state index in [0.717, 1.165) is 17.9 Å². The molecular weight excluding hydrogens is 222 g/mol. The summed E-state index contributed by atoms with van der Waals surface area (Å²) in [5.74, 6) is 5.32. The lowest BCUT2D eigenvalue weighted by Crippen LogP contribution is -2.48. The molecule has 0 aromatic carbocycles. The van der Waals surface area contributed by atoms with Crippen LogP contribution in [-0.4, -0.2) is 35.7 Å². The number of nitrogens with zero attached hydrogens (tertiary/aromatic N) is 1. The zero-order chi connectivity index (χ0) is 13.1. The van der Waals surface area contributed by atoms with E-state index in [9.17, 15) is 9.59 Å². The van der Waals surface area contributed by atoms with Crippen molar-refractivity contribution in [2.75, 3.05) is 13.1 Å². The lowest BCUT2D eigenvalue weighted by Gasteiger charge is -2.28. The van der Waals surface area contributed by atoms with Crippen LogP contribution in [0.5, 0.6) is 0 Å². The molecule has 1 saturated heterocycles. The Morgan fingerprint density at radius 3 is 2.76 bits per heavy atom. The number of amides is 2. The van der Waals surface area contributed by atoms with Gasteiger partial charge in [0.05, 0.1) is 12.5 Å². The molecule has 2 amide bonds. The third-order valence-corrected chi connectivity index (χ3v) is 2.44.